The van der Waals surface area contributed by atoms with Gasteiger partial charge in [-0.3, -0.25) is 4.79 Å². The summed E-state index contributed by atoms with van der Waals surface area (Å²) in [6.07, 6.45) is 0. The van der Waals surface area contributed by atoms with Crippen LogP contribution in [0.3, 0.4) is 0 Å². The molecule has 98 valence electrons. The van der Waals surface area contributed by atoms with Gasteiger partial charge in [-0.2, -0.15) is 0 Å². The molecule has 0 spiro atoms. The fourth-order valence-corrected chi connectivity index (χ4v) is 1.96. The second-order valence-electron chi connectivity index (χ2n) is 4.09. The molecule has 0 aliphatic rings. The number of anilines is 1. The Kier molecular flexibility index (Phi) is 4.58. The van der Waals surface area contributed by atoms with Gasteiger partial charge in [-0.05, 0) is 46.6 Å². The lowest BCUT2D eigenvalue weighted by molar-refractivity contribution is -0.118. The second-order valence-corrected chi connectivity index (χ2v) is 4.88. The maximum atomic E-state index is 11.8. The van der Waals surface area contributed by atoms with Crippen LogP contribution in [0.1, 0.15) is 5.56 Å². The molecule has 0 heterocycles. The van der Waals surface area contributed by atoms with Gasteiger partial charge >= 0.3 is 0 Å². The van der Waals surface area contributed by atoms with Crippen molar-refractivity contribution in [3.63, 3.8) is 0 Å². The van der Waals surface area contributed by atoms with Gasteiger partial charge in [-0.15, -0.1) is 0 Å². The predicted octanol–water partition coefficient (Wildman–Crippen LogP) is 3.78. The molecule has 1 N–H and O–H groups in total. The predicted molar refractivity (Wildman–Crippen MR) is 79.4 cm³/mol. The van der Waals surface area contributed by atoms with Gasteiger partial charge in [-0.25, -0.2) is 0 Å². The first-order valence-electron chi connectivity index (χ1n) is 5.89. The van der Waals surface area contributed by atoms with Crippen LogP contribution in [0, 0.1) is 6.92 Å². The fraction of sp³-hybridized carbons (Fsp3) is 0.133. The normalized spacial score (nSPS) is 10.0. The third-order valence-electron chi connectivity index (χ3n) is 2.58. The van der Waals surface area contributed by atoms with E-state index in [2.05, 4.69) is 21.2 Å². The maximum absolute atomic E-state index is 11.8. The van der Waals surface area contributed by atoms with Crippen LogP contribution in [0.4, 0.5) is 5.69 Å². The number of carbonyl (C=O) groups is 1. The van der Waals surface area contributed by atoms with Crippen LogP contribution in [-0.2, 0) is 4.79 Å². The van der Waals surface area contributed by atoms with Crippen molar-refractivity contribution in [2.45, 2.75) is 6.92 Å². The van der Waals surface area contributed by atoms with E-state index in [0.717, 1.165) is 15.7 Å². The van der Waals surface area contributed by atoms with E-state index < -0.39 is 0 Å². The Labute approximate surface area is 120 Å². The quantitative estimate of drug-likeness (QED) is 0.931. The summed E-state index contributed by atoms with van der Waals surface area (Å²) in [4.78, 5) is 11.8. The number of hydrogen-bond acceptors (Lipinski definition) is 2. The Balaban J connectivity index is 1.93. The zero-order valence-electron chi connectivity index (χ0n) is 10.5. The van der Waals surface area contributed by atoms with Crippen LogP contribution in [0.5, 0.6) is 5.75 Å². The molecule has 0 unspecified atom stereocenters. The molecule has 2 aromatic rings. The molecule has 0 saturated heterocycles. The number of hydrogen-bond donors (Lipinski definition) is 1. The molecule has 19 heavy (non-hydrogen) atoms. The van der Waals surface area contributed by atoms with Crippen molar-refractivity contribution in [3.8, 4) is 5.75 Å². The smallest absolute Gasteiger partial charge is 0.262 e. The van der Waals surface area contributed by atoms with Gasteiger partial charge in [-0.1, -0.05) is 30.3 Å². The lowest BCUT2D eigenvalue weighted by atomic mass is 10.2. The van der Waals surface area contributed by atoms with Crippen LogP contribution in [0.15, 0.2) is 53.0 Å². The fourth-order valence-electron chi connectivity index (χ4n) is 1.60. The van der Waals surface area contributed by atoms with Gasteiger partial charge in [0.05, 0.1) is 5.69 Å². The third kappa shape index (κ3) is 3.83. The Hall–Kier alpha value is -1.81. The molecular formula is C15H14BrNO2. The second kappa shape index (κ2) is 6.38. The summed E-state index contributed by atoms with van der Waals surface area (Å²) in [7, 11) is 0. The molecule has 0 fully saturated rings. The number of aryl methyl sites for hydroxylation is 1. The molecule has 0 bridgehead atoms. The number of halogens is 1. The highest BCUT2D eigenvalue weighted by Crippen LogP contribution is 2.25. The SMILES string of the molecule is Cc1cccc(NC(=O)COc2ccccc2)c1Br. The maximum Gasteiger partial charge on any atom is 0.262 e. The number of nitrogens with one attached hydrogen (secondary N) is 1. The van der Waals surface area contributed by atoms with E-state index in [4.69, 9.17) is 4.74 Å². The first kappa shape index (κ1) is 13.6. The molecule has 0 saturated carbocycles. The van der Waals surface area contributed by atoms with Gasteiger partial charge in [0.1, 0.15) is 5.75 Å². The van der Waals surface area contributed by atoms with Crippen molar-refractivity contribution in [3.05, 3.63) is 58.6 Å². The summed E-state index contributed by atoms with van der Waals surface area (Å²) in [6, 6.07) is 15.0. The first-order chi connectivity index (χ1) is 9.16. The van der Waals surface area contributed by atoms with Gasteiger partial charge < -0.3 is 10.1 Å². The zero-order chi connectivity index (χ0) is 13.7. The van der Waals surface area contributed by atoms with Crippen LogP contribution >= 0.6 is 15.9 Å². The lowest BCUT2D eigenvalue weighted by Crippen LogP contribution is -2.20. The summed E-state index contributed by atoms with van der Waals surface area (Å²) >= 11 is 3.45. The summed E-state index contributed by atoms with van der Waals surface area (Å²) in [5, 5.41) is 2.81. The minimum absolute atomic E-state index is 0.00953. The molecule has 0 aliphatic carbocycles. The number of rotatable bonds is 4. The molecule has 1 amide bonds. The van der Waals surface area contributed by atoms with Crippen molar-refractivity contribution < 1.29 is 9.53 Å². The Morgan fingerprint density at radius 3 is 2.63 bits per heavy atom. The number of ether oxygens (including phenoxy) is 1. The Bertz CT molecular complexity index is 570. The van der Waals surface area contributed by atoms with Gasteiger partial charge in [0.2, 0.25) is 0 Å². The summed E-state index contributed by atoms with van der Waals surface area (Å²) in [6.45, 7) is 1.96. The first-order valence-corrected chi connectivity index (χ1v) is 6.69. The highest BCUT2D eigenvalue weighted by molar-refractivity contribution is 9.10. The van der Waals surface area contributed by atoms with Crippen molar-refractivity contribution in [2.24, 2.45) is 0 Å². The molecular weight excluding hydrogens is 306 g/mol. The average Bonchev–Trinajstić information content (AvgIpc) is 2.43. The lowest BCUT2D eigenvalue weighted by Gasteiger charge is -2.10. The molecule has 0 atom stereocenters. The Morgan fingerprint density at radius 1 is 1.16 bits per heavy atom. The van der Waals surface area contributed by atoms with Gasteiger partial charge in [0.15, 0.2) is 6.61 Å². The largest absolute Gasteiger partial charge is 0.484 e. The Morgan fingerprint density at radius 2 is 1.89 bits per heavy atom. The summed E-state index contributed by atoms with van der Waals surface area (Å²) in [5.74, 6) is 0.496. The molecule has 3 nitrogen and oxygen atoms in total. The number of para-hydroxylation sites is 1. The van der Waals surface area contributed by atoms with Crippen molar-refractivity contribution in [2.75, 3.05) is 11.9 Å². The standard InChI is InChI=1S/C15H14BrNO2/c1-11-6-5-9-13(15(11)16)17-14(18)10-19-12-7-3-2-4-8-12/h2-9H,10H2,1H3,(H,17,18). The molecule has 0 radical (unpaired) electrons. The highest BCUT2D eigenvalue weighted by Gasteiger charge is 2.07. The molecule has 2 rings (SSSR count). The minimum atomic E-state index is -0.185. The van der Waals surface area contributed by atoms with E-state index in [0.29, 0.717) is 5.75 Å². The third-order valence-corrected chi connectivity index (χ3v) is 3.63. The molecule has 4 heteroatoms. The average molecular weight is 320 g/mol. The van der Waals surface area contributed by atoms with Crippen LogP contribution in [0.25, 0.3) is 0 Å². The van der Waals surface area contributed by atoms with E-state index in [9.17, 15) is 4.79 Å². The van der Waals surface area contributed by atoms with Crippen LogP contribution in [0.2, 0.25) is 0 Å². The topological polar surface area (TPSA) is 38.3 Å². The van der Waals surface area contributed by atoms with E-state index in [1.54, 1.807) is 0 Å². The molecule has 2 aromatic carbocycles. The molecule has 0 aromatic heterocycles. The van der Waals surface area contributed by atoms with E-state index in [1.165, 1.54) is 0 Å². The number of amides is 1. The number of benzene rings is 2. The van der Waals surface area contributed by atoms with Gasteiger partial charge in [0.25, 0.3) is 5.91 Å². The van der Waals surface area contributed by atoms with Crippen LogP contribution < -0.4 is 10.1 Å². The van der Waals surface area contributed by atoms with E-state index >= 15 is 0 Å². The van der Waals surface area contributed by atoms with Crippen molar-refractivity contribution in [1.82, 2.24) is 0 Å². The minimum Gasteiger partial charge on any atom is -0.484 e. The summed E-state index contributed by atoms with van der Waals surface area (Å²) in [5.41, 5.74) is 1.82. The van der Waals surface area contributed by atoms with Crippen molar-refractivity contribution >= 4 is 27.5 Å². The molecule has 0 aliphatic heterocycles. The number of carbonyl (C=O) groups excluding carboxylic acids is 1. The zero-order valence-corrected chi connectivity index (χ0v) is 12.1. The highest BCUT2D eigenvalue weighted by atomic mass is 79.9. The van der Waals surface area contributed by atoms with Crippen molar-refractivity contribution in [1.29, 1.82) is 0 Å². The monoisotopic (exact) mass is 319 g/mol. The summed E-state index contributed by atoms with van der Waals surface area (Å²) < 4.78 is 6.27. The van der Waals surface area contributed by atoms with Gasteiger partial charge in [0, 0.05) is 4.47 Å². The van der Waals surface area contributed by atoms with E-state index in [1.807, 2.05) is 55.5 Å². The van der Waals surface area contributed by atoms with E-state index in [-0.39, 0.29) is 12.5 Å². The van der Waals surface area contributed by atoms with Crippen LogP contribution in [-0.4, -0.2) is 12.5 Å².